The zero-order valence-electron chi connectivity index (χ0n) is 13.2. The monoisotopic (exact) mass is 294 g/mol. The molecule has 0 spiro atoms. The molecule has 0 saturated heterocycles. The van der Waals surface area contributed by atoms with Gasteiger partial charge in [-0.25, -0.2) is 0 Å². The van der Waals surface area contributed by atoms with Crippen LogP contribution in [-0.2, 0) is 12.8 Å². The second kappa shape index (κ2) is 6.75. The van der Waals surface area contributed by atoms with Crippen LogP contribution in [0.15, 0.2) is 53.1 Å². The second-order valence-electron chi connectivity index (χ2n) is 5.54. The van der Waals surface area contributed by atoms with E-state index in [4.69, 9.17) is 4.42 Å². The van der Waals surface area contributed by atoms with Crippen molar-refractivity contribution in [1.82, 2.24) is 10.3 Å². The van der Waals surface area contributed by atoms with Gasteiger partial charge in [0.1, 0.15) is 11.3 Å². The van der Waals surface area contributed by atoms with Gasteiger partial charge in [-0.15, -0.1) is 0 Å². The van der Waals surface area contributed by atoms with Gasteiger partial charge in [-0.1, -0.05) is 31.2 Å². The Balaban J connectivity index is 1.70. The lowest BCUT2D eigenvalue weighted by Crippen LogP contribution is -2.22. The maximum atomic E-state index is 6.08. The summed E-state index contributed by atoms with van der Waals surface area (Å²) in [5.74, 6) is 1.06. The van der Waals surface area contributed by atoms with E-state index < -0.39 is 0 Å². The Morgan fingerprint density at radius 1 is 1.14 bits per heavy atom. The number of aromatic nitrogens is 1. The molecule has 0 aliphatic rings. The van der Waals surface area contributed by atoms with Crippen molar-refractivity contribution in [3.63, 3.8) is 0 Å². The van der Waals surface area contributed by atoms with E-state index >= 15 is 0 Å². The molecule has 3 rings (SSSR count). The number of para-hydroxylation sites is 1. The predicted molar refractivity (Wildman–Crippen MR) is 90.0 cm³/mol. The van der Waals surface area contributed by atoms with Crippen LogP contribution in [0.1, 0.15) is 36.9 Å². The topological polar surface area (TPSA) is 38.1 Å². The molecule has 2 heterocycles. The van der Waals surface area contributed by atoms with Gasteiger partial charge in [0.05, 0.1) is 6.04 Å². The van der Waals surface area contributed by atoms with Gasteiger partial charge in [0.15, 0.2) is 0 Å². The lowest BCUT2D eigenvalue weighted by Gasteiger charge is -2.13. The fraction of sp³-hybridized carbons (Fsp3) is 0.316. The lowest BCUT2D eigenvalue weighted by molar-refractivity contribution is 0.448. The Labute approximate surface area is 131 Å². The number of fused-ring (bicyclic) bond motifs is 1. The number of aryl methyl sites for hydroxylation is 1. The fourth-order valence-corrected chi connectivity index (χ4v) is 2.89. The van der Waals surface area contributed by atoms with E-state index in [1.165, 1.54) is 10.9 Å². The molecule has 0 bridgehead atoms. The van der Waals surface area contributed by atoms with Crippen LogP contribution in [0.4, 0.5) is 0 Å². The minimum atomic E-state index is 0.200. The van der Waals surface area contributed by atoms with Crippen LogP contribution < -0.4 is 5.32 Å². The number of hydrogen-bond acceptors (Lipinski definition) is 3. The molecular weight excluding hydrogens is 272 g/mol. The molecule has 1 unspecified atom stereocenters. The first-order chi connectivity index (χ1) is 10.8. The summed E-state index contributed by atoms with van der Waals surface area (Å²) in [7, 11) is 0. The van der Waals surface area contributed by atoms with Crippen LogP contribution >= 0.6 is 0 Å². The van der Waals surface area contributed by atoms with Crippen LogP contribution in [0.2, 0.25) is 0 Å². The Morgan fingerprint density at radius 3 is 2.73 bits per heavy atom. The van der Waals surface area contributed by atoms with Gasteiger partial charge in [0.2, 0.25) is 0 Å². The molecule has 0 saturated carbocycles. The van der Waals surface area contributed by atoms with Gasteiger partial charge >= 0.3 is 0 Å². The fourth-order valence-electron chi connectivity index (χ4n) is 2.89. The molecule has 0 aliphatic carbocycles. The third kappa shape index (κ3) is 3.04. The van der Waals surface area contributed by atoms with Crippen LogP contribution in [0.25, 0.3) is 11.0 Å². The van der Waals surface area contributed by atoms with E-state index in [-0.39, 0.29) is 6.04 Å². The minimum absolute atomic E-state index is 0.200. The van der Waals surface area contributed by atoms with E-state index in [1.54, 1.807) is 0 Å². The number of nitrogens with zero attached hydrogens (tertiary/aromatic N) is 1. The number of hydrogen-bond donors (Lipinski definition) is 1. The Bertz CT molecular complexity index is 734. The minimum Gasteiger partial charge on any atom is -0.459 e. The zero-order chi connectivity index (χ0) is 15.4. The first-order valence-corrected chi connectivity index (χ1v) is 7.93. The first-order valence-electron chi connectivity index (χ1n) is 7.93. The van der Waals surface area contributed by atoms with Gasteiger partial charge in [-0.05, 0) is 31.5 Å². The van der Waals surface area contributed by atoms with Gasteiger partial charge in [0, 0.05) is 35.8 Å². The molecule has 3 heteroatoms. The molecule has 0 amide bonds. The summed E-state index contributed by atoms with van der Waals surface area (Å²) in [6.07, 6.45) is 3.75. The van der Waals surface area contributed by atoms with Gasteiger partial charge in [-0.3, -0.25) is 4.98 Å². The molecular formula is C19H22N2O. The third-order valence-corrected chi connectivity index (χ3v) is 4.03. The van der Waals surface area contributed by atoms with Crippen molar-refractivity contribution in [1.29, 1.82) is 0 Å². The van der Waals surface area contributed by atoms with Gasteiger partial charge < -0.3 is 9.73 Å². The van der Waals surface area contributed by atoms with Crippen molar-refractivity contribution in [2.45, 2.75) is 32.7 Å². The molecule has 114 valence electrons. The van der Waals surface area contributed by atoms with Gasteiger partial charge in [-0.2, -0.15) is 0 Å². The Hall–Kier alpha value is -2.13. The summed E-state index contributed by atoms with van der Waals surface area (Å²) < 4.78 is 6.08. The molecule has 2 aromatic heterocycles. The number of nitrogens with one attached hydrogen (secondary N) is 1. The third-order valence-electron chi connectivity index (χ3n) is 4.03. The van der Waals surface area contributed by atoms with Crippen molar-refractivity contribution >= 4 is 11.0 Å². The van der Waals surface area contributed by atoms with E-state index in [1.807, 2.05) is 30.5 Å². The van der Waals surface area contributed by atoms with Crippen molar-refractivity contribution in [2.75, 3.05) is 6.54 Å². The number of pyridine rings is 1. The quantitative estimate of drug-likeness (QED) is 0.737. The molecule has 1 atom stereocenters. The zero-order valence-corrected chi connectivity index (χ0v) is 13.2. The highest BCUT2D eigenvalue weighted by molar-refractivity contribution is 5.82. The number of rotatable bonds is 6. The van der Waals surface area contributed by atoms with Crippen molar-refractivity contribution < 1.29 is 4.42 Å². The summed E-state index contributed by atoms with van der Waals surface area (Å²) in [6.45, 7) is 5.23. The van der Waals surface area contributed by atoms with Crippen LogP contribution in [0, 0.1) is 0 Å². The summed E-state index contributed by atoms with van der Waals surface area (Å²) in [5, 5.41) is 4.78. The average molecular weight is 294 g/mol. The highest BCUT2D eigenvalue weighted by atomic mass is 16.3. The second-order valence-corrected chi connectivity index (χ2v) is 5.54. The van der Waals surface area contributed by atoms with Crippen molar-refractivity contribution in [3.8, 4) is 0 Å². The van der Waals surface area contributed by atoms with Crippen molar-refractivity contribution in [2.24, 2.45) is 0 Å². The molecule has 0 aliphatic heterocycles. The average Bonchev–Trinajstić information content (AvgIpc) is 2.94. The van der Waals surface area contributed by atoms with Crippen LogP contribution in [0.3, 0.4) is 0 Å². The highest BCUT2D eigenvalue weighted by Gasteiger charge is 2.17. The van der Waals surface area contributed by atoms with Crippen molar-refractivity contribution in [3.05, 3.63) is 65.7 Å². The maximum absolute atomic E-state index is 6.08. The molecule has 0 radical (unpaired) electrons. The molecule has 0 fully saturated rings. The maximum Gasteiger partial charge on any atom is 0.134 e. The van der Waals surface area contributed by atoms with Gasteiger partial charge in [0.25, 0.3) is 0 Å². The smallest absolute Gasteiger partial charge is 0.134 e. The Morgan fingerprint density at radius 2 is 1.95 bits per heavy atom. The largest absolute Gasteiger partial charge is 0.459 e. The highest BCUT2D eigenvalue weighted by Crippen LogP contribution is 2.30. The molecule has 1 aromatic carbocycles. The lowest BCUT2D eigenvalue weighted by atomic mass is 10.0. The molecule has 3 nitrogen and oxygen atoms in total. The number of benzene rings is 1. The van der Waals surface area contributed by atoms with E-state index in [0.29, 0.717) is 0 Å². The van der Waals surface area contributed by atoms with Crippen LogP contribution in [0.5, 0.6) is 0 Å². The predicted octanol–water partition coefficient (Wildman–Crippen LogP) is 4.28. The van der Waals surface area contributed by atoms with Crippen LogP contribution in [-0.4, -0.2) is 11.5 Å². The SMILES string of the molecule is CCc1c(C(C)NCCc2ccccn2)oc2ccccc12. The summed E-state index contributed by atoms with van der Waals surface area (Å²) in [4.78, 5) is 4.35. The molecule has 22 heavy (non-hydrogen) atoms. The standard InChI is InChI=1S/C19H22N2O/c1-3-16-17-9-4-5-10-18(17)22-19(16)14(2)20-13-11-15-8-6-7-12-21-15/h4-10,12,14,20H,3,11,13H2,1-2H3. The Kier molecular flexibility index (Phi) is 4.54. The van der Waals surface area contributed by atoms with E-state index in [9.17, 15) is 0 Å². The summed E-state index contributed by atoms with van der Waals surface area (Å²) in [6, 6.07) is 14.5. The molecule has 1 N–H and O–H groups in total. The van der Waals surface area contributed by atoms with E-state index in [2.05, 4.69) is 42.3 Å². The summed E-state index contributed by atoms with van der Waals surface area (Å²) >= 11 is 0. The van der Waals surface area contributed by atoms with E-state index in [0.717, 1.165) is 36.4 Å². The summed E-state index contributed by atoms with van der Waals surface area (Å²) in [5.41, 5.74) is 3.41. The number of furan rings is 1. The molecule has 3 aromatic rings. The normalized spacial score (nSPS) is 12.6. The first kappa shape index (κ1) is 14.8.